The predicted molar refractivity (Wildman–Crippen MR) is 93.0 cm³/mol. The SMILES string of the molecule is CC1(CCNC(=O)[C@H](CC(=O)O)CC(=O)[C@H](CO)NCCC2(C)N=N2)N=N1. The molecule has 2 heterocycles. The zero-order chi connectivity index (χ0) is 20.1. The molecule has 0 saturated heterocycles. The number of aliphatic hydroxyl groups is 1. The number of nitrogens with one attached hydrogen (secondary N) is 2. The average Bonchev–Trinajstić information content (AvgIpc) is 3.50. The van der Waals surface area contributed by atoms with E-state index in [1.54, 1.807) is 0 Å². The van der Waals surface area contributed by atoms with E-state index in [1.807, 2.05) is 13.8 Å². The Morgan fingerprint density at radius 3 is 2.00 bits per heavy atom. The van der Waals surface area contributed by atoms with Crippen LogP contribution in [0.25, 0.3) is 0 Å². The molecule has 0 aromatic heterocycles. The number of ketones is 1. The fraction of sp³-hybridized carbons (Fsp3) is 0.812. The first-order chi connectivity index (χ1) is 12.7. The Kier molecular flexibility index (Phi) is 6.71. The molecule has 0 aliphatic carbocycles. The van der Waals surface area contributed by atoms with Crippen molar-refractivity contribution in [2.24, 2.45) is 26.4 Å². The van der Waals surface area contributed by atoms with E-state index in [0.29, 0.717) is 25.9 Å². The van der Waals surface area contributed by atoms with Gasteiger partial charge in [0.25, 0.3) is 0 Å². The maximum atomic E-state index is 12.4. The minimum Gasteiger partial charge on any atom is -0.481 e. The number of aliphatic hydroxyl groups excluding tert-OH is 1. The Morgan fingerprint density at radius 1 is 0.963 bits per heavy atom. The molecule has 2 rings (SSSR count). The van der Waals surface area contributed by atoms with Crippen LogP contribution in [0.1, 0.15) is 39.5 Å². The largest absolute Gasteiger partial charge is 0.481 e. The molecule has 0 saturated carbocycles. The van der Waals surface area contributed by atoms with E-state index in [-0.39, 0.29) is 6.42 Å². The highest BCUT2D eigenvalue weighted by atomic mass is 16.4. The van der Waals surface area contributed by atoms with Gasteiger partial charge in [-0.1, -0.05) is 0 Å². The van der Waals surface area contributed by atoms with Crippen molar-refractivity contribution in [3.8, 4) is 0 Å². The molecular formula is C16H26N6O5. The Hall–Kier alpha value is -2.27. The summed E-state index contributed by atoms with van der Waals surface area (Å²) in [6.45, 7) is 3.94. The van der Waals surface area contributed by atoms with Crippen LogP contribution >= 0.6 is 0 Å². The first-order valence-electron chi connectivity index (χ1n) is 8.91. The number of hydrogen-bond acceptors (Lipinski definition) is 9. The van der Waals surface area contributed by atoms with Crippen LogP contribution in [0.4, 0.5) is 0 Å². The van der Waals surface area contributed by atoms with Gasteiger partial charge in [-0.05, 0) is 13.8 Å². The molecule has 0 bridgehead atoms. The summed E-state index contributed by atoms with van der Waals surface area (Å²) in [6, 6.07) is -0.862. The molecule has 11 nitrogen and oxygen atoms in total. The Labute approximate surface area is 156 Å². The van der Waals surface area contributed by atoms with E-state index in [9.17, 15) is 19.5 Å². The normalized spacial score (nSPS) is 20.0. The molecule has 27 heavy (non-hydrogen) atoms. The van der Waals surface area contributed by atoms with Crippen molar-refractivity contribution in [2.45, 2.75) is 56.9 Å². The van der Waals surface area contributed by atoms with Gasteiger partial charge in [0, 0.05) is 32.4 Å². The zero-order valence-electron chi connectivity index (χ0n) is 15.5. The summed E-state index contributed by atoms with van der Waals surface area (Å²) in [5, 5.41) is 39.4. The van der Waals surface area contributed by atoms with Crippen molar-refractivity contribution in [3.05, 3.63) is 0 Å². The molecule has 0 unspecified atom stereocenters. The number of rotatable bonds is 14. The summed E-state index contributed by atoms with van der Waals surface area (Å²) in [6.07, 6.45) is 0.374. The highest BCUT2D eigenvalue weighted by Crippen LogP contribution is 2.30. The second kappa shape index (κ2) is 8.61. The first kappa shape index (κ1) is 21.0. The molecule has 11 heteroatoms. The van der Waals surface area contributed by atoms with E-state index in [0.717, 1.165) is 0 Å². The molecule has 150 valence electrons. The van der Waals surface area contributed by atoms with Crippen LogP contribution in [0.5, 0.6) is 0 Å². The van der Waals surface area contributed by atoms with Gasteiger partial charge in [-0.25, -0.2) is 0 Å². The highest BCUT2D eigenvalue weighted by Gasteiger charge is 2.35. The van der Waals surface area contributed by atoms with Gasteiger partial charge in [0.2, 0.25) is 5.91 Å². The van der Waals surface area contributed by atoms with Crippen molar-refractivity contribution in [3.63, 3.8) is 0 Å². The van der Waals surface area contributed by atoms with Gasteiger partial charge in [0.05, 0.1) is 25.0 Å². The molecular weight excluding hydrogens is 356 g/mol. The van der Waals surface area contributed by atoms with E-state index in [1.165, 1.54) is 0 Å². The third kappa shape index (κ3) is 7.10. The molecule has 2 aliphatic rings. The van der Waals surface area contributed by atoms with E-state index in [4.69, 9.17) is 5.11 Å². The van der Waals surface area contributed by atoms with Crippen LogP contribution in [0, 0.1) is 5.92 Å². The summed E-state index contributed by atoms with van der Waals surface area (Å²) in [4.78, 5) is 35.8. The van der Waals surface area contributed by atoms with E-state index >= 15 is 0 Å². The van der Waals surface area contributed by atoms with Crippen molar-refractivity contribution in [1.82, 2.24) is 10.6 Å². The summed E-state index contributed by atoms with van der Waals surface area (Å²) in [7, 11) is 0. The number of hydrogen-bond donors (Lipinski definition) is 4. The van der Waals surface area contributed by atoms with Gasteiger partial charge >= 0.3 is 5.97 Å². The first-order valence-corrected chi connectivity index (χ1v) is 8.91. The number of Topliss-reactive ketones (excluding diaryl/α,β-unsaturated/α-hetero) is 1. The maximum Gasteiger partial charge on any atom is 0.304 e. The monoisotopic (exact) mass is 382 g/mol. The quantitative estimate of drug-likeness (QED) is 0.336. The summed E-state index contributed by atoms with van der Waals surface area (Å²) in [5.74, 6) is -3.08. The van der Waals surface area contributed by atoms with Crippen LogP contribution in [0.15, 0.2) is 20.5 Å². The standard InChI is InChI=1S/C16H26N6O5/c1-15(19-20-15)3-5-17-11(9-23)12(24)7-10(8-13(25)26)14(27)18-6-4-16(2)21-22-16/h10-11,17,23H,3-9H2,1-2H3,(H,18,27)(H,25,26)/t10-,11-/m0/s1. The third-order valence-corrected chi connectivity index (χ3v) is 4.58. The van der Waals surface area contributed by atoms with Crippen LogP contribution in [0.3, 0.4) is 0 Å². The summed E-state index contributed by atoms with van der Waals surface area (Å²) in [5.41, 5.74) is -0.882. The third-order valence-electron chi connectivity index (χ3n) is 4.58. The fourth-order valence-electron chi connectivity index (χ4n) is 2.55. The Bertz CT molecular complexity index is 637. The molecule has 0 radical (unpaired) electrons. The summed E-state index contributed by atoms with van der Waals surface area (Å²) >= 11 is 0. The van der Waals surface area contributed by atoms with Gasteiger partial charge in [-0.3, -0.25) is 14.4 Å². The lowest BCUT2D eigenvalue weighted by Crippen LogP contribution is -2.43. The van der Waals surface area contributed by atoms with Crippen molar-refractivity contribution in [2.75, 3.05) is 19.7 Å². The Balaban J connectivity index is 1.80. The van der Waals surface area contributed by atoms with Crippen LogP contribution < -0.4 is 10.6 Å². The molecule has 4 N–H and O–H groups in total. The summed E-state index contributed by atoms with van der Waals surface area (Å²) < 4.78 is 0. The second-order valence-electron chi connectivity index (χ2n) is 7.28. The minimum atomic E-state index is -1.17. The van der Waals surface area contributed by atoms with Crippen molar-refractivity contribution in [1.29, 1.82) is 0 Å². The highest BCUT2D eigenvalue weighted by molar-refractivity contribution is 5.91. The predicted octanol–water partition coefficient (Wildman–Crippen LogP) is 0.247. The lowest BCUT2D eigenvalue weighted by atomic mass is 9.94. The van der Waals surface area contributed by atoms with Gasteiger partial charge in [0.15, 0.2) is 17.1 Å². The van der Waals surface area contributed by atoms with Gasteiger partial charge in [-0.15, -0.1) is 0 Å². The molecule has 0 spiro atoms. The number of amides is 1. The minimum absolute atomic E-state index is 0.269. The van der Waals surface area contributed by atoms with Gasteiger partial charge in [0.1, 0.15) is 0 Å². The maximum absolute atomic E-state index is 12.4. The van der Waals surface area contributed by atoms with Crippen molar-refractivity contribution < 1.29 is 24.6 Å². The Morgan fingerprint density at radius 2 is 1.52 bits per heavy atom. The second-order valence-corrected chi connectivity index (χ2v) is 7.28. The van der Waals surface area contributed by atoms with Crippen LogP contribution in [0.2, 0.25) is 0 Å². The van der Waals surface area contributed by atoms with E-state index in [2.05, 4.69) is 31.1 Å². The lowest BCUT2D eigenvalue weighted by Gasteiger charge is -2.19. The van der Waals surface area contributed by atoms with Gasteiger partial charge < -0.3 is 20.8 Å². The molecule has 0 aromatic carbocycles. The molecule has 2 aliphatic heterocycles. The lowest BCUT2D eigenvalue weighted by molar-refractivity contribution is -0.142. The number of carboxylic acid groups (broad SMARTS) is 1. The zero-order valence-corrected chi connectivity index (χ0v) is 15.5. The smallest absolute Gasteiger partial charge is 0.304 e. The topological polar surface area (TPSA) is 165 Å². The molecule has 2 atom stereocenters. The average molecular weight is 382 g/mol. The van der Waals surface area contributed by atoms with Gasteiger partial charge in [-0.2, -0.15) is 20.5 Å². The number of aliphatic carboxylic acids is 1. The van der Waals surface area contributed by atoms with E-state index < -0.39 is 54.0 Å². The number of nitrogens with zero attached hydrogens (tertiary/aromatic N) is 4. The number of carbonyl (C=O) groups excluding carboxylic acids is 2. The van der Waals surface area contributed by atoms with Crippen LogP contribution in [-0.4, -0.2) is 64.9 Å². The molecule has 0 fully saturated rings. The van der Waals surface area contributed by atoms with Crippen LogP contribution in [-0.2, 0) is 14.4 Å². The molecule has 1 amide bonds. The molecule has 0 aromatic rings. The fourth-order valence-corrected chi connectivity index (χ4v) is 2.55. The number of carbonyl (C=O) groups is 3. The van der Waals surface area contributed by atoms with Crippen molar-refractivity contribution >= 4 is 17.7 Å². The number of carboxylic acids is 1.